The lowest BCUT2D eigenvalue weighted by molar-refractivity contribution is 0.0992. The Labute approximate surface area is 195 Å². The number of halogens is 1. The highest BCUT2D eigenvalue weighted by Crippen LogP contribution is 2.26. The van der Waals surface area contributed by atoms with Crippen LogP contribution in [0.2, 0.25) is 5.02 Å². The lowest BCUT2D eigenvalue weighted by atomic mass is 10.1. The monoisotopic (exact) mass is 457 g/mol. The highest BCUT2D eigenvalue weighted by atomic mass is 35.5. The number of nitrogens with one attached hydrogen (secondary N) is 1. The van der Waals surface area contributed by atoms with E-state index in [1.807, 2.05) is 66.7 Å². The van der Waals surface area contributed by atoms with Crippen molar-refractivity contribution in [2.24, 2.45) is 0 Å². The first kappa shape index (κ1) is 20.8. The Bertz CT molecular complexity index is 1420. The van der Waals surface area contributed by atoms with Gasteiger partial charge in [0.25, 0.3) is 5.91 Å². The molecule has 0 fully saturated rings. The predicted octanol–water partition coefficient (Wildman–Crippen LogP) is 6.16. The zero-order chi connectivity index (χ0) is 22.6. The molecule has 2 aromatic heterocycles. The van der Waals surface area contributed by atoms with E-state index in [2.05, 4.69) is 10.4 Å². The molecular weight excluding hydrogens is 438 g/mol. The summed E-state index contributed by atoms with van der Waals surface area (Å²) < 4.78 is 13.3. The number of aromatic nitrogens is 2. The molecule has 6 nitrogen and oxygen atoms in total. The van der Waals surface area contributed by atoms with Gasteiger partial charge >= 0.3 is 0 Å². The third-order valence-corrected chi connectivity index (χ3v) is 5.56. The quantitative estimate of drug-likeness (QED) is 0.317. The maximum absolute atomic E-state index is 12.6. The first-order valence-corrected chi connectivity index (χ1v) is 10.8. The Morgan fingerprint density at radius 2 is 1.82 bits per heavy atom. The van der Waals surface area contributed by atoms with E-state index in [1.165, 1.54) is 0 Å². The van der Waals surface area contributed by atoms with Gasteiger partial charge in [-0.2, -0.15) is 5.10 Å². The second-order valence-electron chi connectivity index (χ2n) is 7.50. The molecule has 33 heavy (non-hydrogen) atoms. The summed E-state index contributed by atoms with van der Waals surface area (Å²) in [5.41, 5.74) is 1.51. The zero-order valence-corrected chi connectivity index (χ0v) is 18.3. The molecule has 5 aromatic rings. The van der Waals surface area contributed by atoms with Crippen molar-refractivity contribution in [2.45, 2.75) is 13.2 Å². The Balaban J connectivity index is 1.21. The number of furan rings is 1. The molecule has 1 N–H and O–H groups in total. The molecule has 0 saturated heterocycles. The summed E-state index contributed by atoms with van der Waals surface area (Å²) in [7, 11) is 0. The second-order valence-corrected chi connectivity index (χ2v) is 7.91. The van der Waals surface area contributed by atoms with E-state index in [1.54, 1.807) is 29.2 Å². The van der Waals surface area contributed by atoms with Crippen molar-refractivity contribution < 1.29 is 13.9 Å². The average molecular weight is 458 g/mol. The molecule has 0 aliphatic rings. The SMILES string of the molecule is O=C(Nc1cnn(Cc2ccccc2Cl)c1)c1ccc(COc2cccc3ccccc23)o1. The van der Waals surface area contributed by atoms with Gasteiger partial charge in [0.15, 0.2) is 5.76 Å². The van der Waals surface area contributed by atoms with E-state index < -0.39 is 0 Å². The van der Waals surface area contributed by atoms with E-state index in [0.717, 1.165) is 22.1 Å². The molecule has 0 atom stereocenters. The summed E-state index contributed by atoms with van der Waals surface area (Å²) in [4.78, 5) is 12.6. The van der Waals surface area contributed by atoms with Crippen LogP contribution in [0.25, 0.3) is 10.8 Å². The highest BCUT2D eigenvalue weighted by Gasteiger charge is 2.13. The van der Waals surface area contributed by atoms with Crippen molar-refractivity contribution in [3.05, 3.63) is 113 Å². The molecule has 0 bridgehead atoms. The Morgan fingerprint density at radius 3 is 2.73 bits per heavy atom. The van der Waals surface area contributed by atoms with Crippen LogP contribution in [0.3, 0.4) is 0 Å². The lowest BCUT2D eigenvalue weighted by Gasteiger charge is -2.08. The molecular formula is C26H20ClN3O3. The number of carbonyl (C=O) groups excluding carboxylic acids is 1. The fourth-order valence-electron chi connectivity index (χ4n) is 3.56. The minimum absolute atomic E-state index is 0.199. The predicted molar refractivity (Wildman–Crippen MR) is 128 cm³/mol. The molecule has 0 spiro atoms. The molecule has 0 unspecified atom stereocenters. The fourth-order valence-corrected chi connectivity index (χ4v) is 3.75. The number of hydrogen-bond donors (Lipinski definition) is 1. The molecule has 0 saturated carbocycles. The van der Waals surface area contributed by atoms with Crippen LogP contribution in [0, 0.1) is 0 Å². The number of benzene rings is 3. The topological polar surface area (TPSA) is 69.3 Å². The van der Waals surface area contributed by atoms with Crippen molar-refractivity contribution in [1.82, 2.24) is 9.78 Å². The van der Waals surface area contributed by atoms with Crippen molar-refractivity contribution in [2.75, 3.05) is 5.32 Å². The van der Waals surface area contributed by atoms with Gasteiger partial charge in [0, 0.05) is 16.6 Å². The van der Waals surface area contributed by atoms with Gasteiger partial charge < -0.3 is 14.5 Å². The van der Waals surface area contributed by atoms with Crippen LogP contribution in [0.4, 0.5) is 5.69 Å². The van der Waals surface area contributed by atoms with E-state index >= 15 is 0 Å². The zero-order valence-electron chi connectivity index (χ0n) is 17.6. The van der Waals surface area contributed by atoms with Crippen molar-refractivity contribution in [3.63, 3.8) is 0 Å². The van der Waals surface area contributed by atoms with E-state index in [0.29, 0.717) is 23.0 Å². The lowest BCUT2D eigenvalue weighted by Crippen LogP contribution is -2.10. The summed E-state index contributed by atoms with van der Waals surface area (Å²) in [6.45, 7) is 0.725. The minimum Gasteiger partial charge on any atom is -0.485 e. The Kier molecular flexibility index (Phi) is 5.83. The van der Waals surface area contributed by atoms with Crippen LogP contribution < -0.4 is 10.1 Å². The first-order valence-electron chi connectivity index (χ1n) is 10.4. The van der Waals surface area contributed by atoms with Crippen LogP contribution in [0.5, 0.6) is 5.75 Å². The third kappa shape index (κ3) is 4.76. The second kappa shape index (κ2) is 9.22. The van der Waals surface area contributed by atoms with Crippen LogP contribution >= 0.6 is 11.6 Å². The van der Waals surface area contributed by atoms with Crippen molar-refractivity contribution >= 4 is 34.0 Å². The van der Waals surface area contributed by atoms with Gasteiger partial charge in [-0.1, -0.05) is 66.2 Å². The largest absolute Gasteiger partial charge is 0.485 e. The summed E-state index contributed by atoms with van der Waals surface area (Å²) in [5.74, 6) is 1.16. The number of fused-ring (bicyclic) bond motifs is 1. The van der Waals surface area contributed by atoms with Crippen molar-refractivity contribution in [3.8, 4) is 5.75 Å². The Morgan fingerprint density at radius 1 is 1.00 bits per heavy atom. The van der Waals surface area contributed by atoms with Crippen LogP contribution in [0.1, 0.15) is 21.9 Å². The number of hydrogen-bond acceptors (Lipinski definition) is 4. The van der Waals surface area contributed by atoms with Crippen LogP contribution in [-0.4, -0.2) is 15.7 Å². The highest BCUT2D eigenvalue weighted by molar-refractivity contribution is 6.31. The van der Waals surface area contributed by atoms with E-state index in [-0.39, 0.29) is 18.3 Å². The van der Waals surface area contributed by atoms with E-state index in [4.69, 9.17) is 20.8 Å². The number of carbonyl (C=O) groups is 1. The molecule has 3 aromatic carbocycles. The number of amides is 1. The first-order chi connectivity index (χ1) is 16.2. The molecule has 0 aliphatic carbocycles. The molecule has 0 radical (unpaired) electrons. The third-order valence-electron chi connectivity index (χ3n) is 5.19. The molecule has 7 heteroatoms. The average Bonchev–Trinajstić information content (AvgIpc) is 3.49. The van der Waals surface area contributed by atoms with Gasteiger partial charge in [0.1, 0.15) is 18.1 Å². The van der Waals surface area contributed by atoms with Gasteiger partial charge in [-0.3, -0.25) is 9.48 Å². The smallest absolute Gasteiger partial charge is 0.291 e. The Hall–Kier alpha value is -4.03. The van der Waals surface area contributed by atoms with Crippen LogP contribution in [0.15, 0.2) is 95.7 Å². The van der Waals surface area contributed by atoms with Gasteiger partial charge in [-0.25, -0.2) is 0 Å². The summed E-state index contributed by atoms with van der Waals surface area (Å²) in [5, 5.41) is 9.89. The normalized spacial score (nSPS) is 10.9. The molecule has 164 valence electrons. The minimum atomic E-state index is -0.358. The summed E-state index contributed by atoms with van der Waals surface area (Å²) in [6.07, 6.45) is 3.33. The number of nitrogens with zero attached hydrogens (tertiary/aromatic N) is 2. The van der Waals surface area contributed by atoms with Gasteiger partial charge in [-0.05, 0) is 35.2 Å². The molecule has 1 amide bonds. The van der Waals surface area contributed by atoms with E-state index in [9.17, 15) is 4.79 Å². The van der Waals surface area contributed by atoms with Gasteiger partial charge in [0.2, 0.25) is 0 Å². The molecule has 2 heterocycles. The van der Waals surface area contributed by atoms with Crippen molar-refractivity contribution in [1.29, 1.82) is 0 Å². The summed E-state index contributed by atoms with van der Waals surface area (Å²) >= 11 is 6.21. The fraction of sp³-hybridized carbons (Fsp3) is 0.0769. The number of rotatable bonds is 7. The molecule has 0 aliphatic heterocycles. The molecule has 5 rings (SSSR count). The number of anilines is 1. The van der Waals surface area contributed by atoms with Crippen LogP contribution in [-0.2, 0) is 13.2 Å². The maximum atomic E-state index is 12.6. The van der Waals surface area contributed by atoms with Gasteiger partial charge in [0.05, 0.1) is 18.4 Å². The van der Waals surface area contributed by atoms with Gasteiger partial charge in [-0.15, -0.1) is 0 Å². The summed E-state index contributed by atoms with van der Waals surface area (Å²) in [6, 6.07) is 24.9. The maximum Gasteiger partial charge on any atom is 0.291 e. The number of ether oxygens (including phenoxy) is 1. The standard InChI is InChI=1S/C26H20ClN3O3/c27-23-10-4-2-7-19(23)15-30-16-20(14-28-30)29-26(31)25-13-12-21(33-25)17-32-24-11-5-8-18-6-1-3-9-22(18)24/h1-14,16H,15,17H2,(H,29,31).